The van der Waals surface area contributed by atoms with Crippen molar-refractivity contribution in [2.75, 3.05) is 13.3 Å². The van der Waals surface area contributed by atoms with Crippen molar-refractivity contribution >= 4 is 0 Å². The molecule has 0 amide bonds. The maximum Gasteiger partial charge on any atom is 0.0845 e. The van der Waals surface area contributed by atoms with Crippen LogP contribution in [-0.2, 0) is 0 Å². The summed E-state index contributed by atoms with van der Waals surface area (Å²) in [5.41, 5.74) is 2.56. The summed E-state index contributed by atoms with van der Waals surface area (Å²) in [6.07, 6.45) is 3.02. The molecule has 0 spiro atoms. The van der Waals surface area contributed by atoms with Gasteiger partial charge in [-0.25, -0.2) is 0 Å². The molecule has 0 aliphatic carbocycles. The van der Waals surface area contributed by atoms with Crippen molar-refractivity contribution in [2.24, 2.45) is 0 Å². The predicted octanol–water partition coefficient (Wildman–Crippen LogP) is 1.56. The molecule has 13 heavy (non-hydrogen) atoms. The molecule has 0 saturated heterocycles. The Morgan fingerprint density at radius 1 is 1.23 bits per heavy atom. The summed E-state index contributed by atoms with van der Waals surface area (Å²) in [5.74, 6) is 0. The van der Waals surface area contributed by atoms with E-state index in [9.17, 15) is 0 Å². The van der Waals surface area contributed by atoms with Gasteiger partial charge in [0, 0.05) is 18.0 Å². The number of allylic oxidation sites excluding steroid dienone is 2. The highest BCUT2D eigenvalue weighted by atomic mass is 16.2. The summed E-state index contributed by atoms with van der Waals surface area (Å²) >= 11 is 0. The lowest BCUT2D eigenvalue weighted by Gasteiger charge is -2.01. The molecule has 1 heterocycles. The minimum atomic E-state index is 0.305. The van der Waals surface area contributed by atoms with Gasteiger partial charge in [-0.3, -0.25) is 0 Å². The highest BCUT2D eigenvalue weighted by Gasteiger charge is 2.06. The monoisotopic (exact) mass is 186 g/mol. The fourth-order valence-corrected chi connectivity index (χ4v) is 1.21. The summed E-state index contributed by atoms with van der Waals surface area (Å²) < 4.78 is 0. The number of aliphatic hydroxyl groups excluding tert-OH is 1. The molecule has 0 fully saturated rings. The average Bonchev–Trinajstić information content (AvgIpc) is 2.56. The van der Waals surface area contributed by atoms with Gasteiger partial charge in [0.1, 0.15) is 0 Å². The Morgan fingerprint density at radius 3 is 2.38 bits per heavy atom. The van der Waals surface area contributed by atoms with Gasteiger partial charge in [-0.1, -0.05) is 13.8 Å². The average molecular weight is 186 g/mol. The van der Waals surface area contributed by atoms with Crippen molar-refractivity contribution in [1.82, 2.24) is 10.6 Å². The van der Waals surface area contributed by atoms with E-state index in [-0.39, 0.29) is 0 Å². The fraction of sp³-hybridized carbons (Fsp3) is 0.800. The van der Waals surface area contributed by atoms with E-state index >= 15 is 0 Å². The van der Waals surface area contributed by atoms with Crippen LogP contribution >= 0.6 is 0 Å². The van der Waals surface area contributed by atoms with Crippen LogP contribution in [0.2, 0.25) is 0 Å². The second-order valence-electron chi connectivity index (χ2n) is 2.81. The van der Waals surface area contributed by atoms with E-state index in [0.29, 0.717) is 6.61 Å². The lowest BCUT2D eigenvalue weighted by atomic mass is 10.2. The van der Waals surface area contributed by atoms with Gasteiger partial charge >= 0.3 is 0 Å². The first-order valence-electron chi connectivity index (χ1n) is 5.13. The number of aliphatic hydroxyl groups is 1. The van der Waals surface area contributed by atoms with Gasteiger partial charge in [0.05, 0.1) is 6.67 Å². The number of unbranched alkanes of at least 4 members (excludes halogenated alkanes) is 1. The molecule has 78 valence electrons. The van der Waals surface area contributed by atoms with Gasteiger partial charge in [-0.2, -0.15) is 0 Å². The maximum absolute atomic E-state index is 8.55. The molecule has 0 aromatic carbocycles. The Kier molecular flexibility index (Phi) is 7.50. The zero-order valence-electron chi connectivity index (χ0n) is 8.98. The lowest BCUT2D eigenvalue weighted by Crippen LogP contribution is -2.14. The lowest BCUT2D eigenvalue weighted by molar-refractivity contribution is 0.284. The van der Waals surface area contributed by atoms with Gasteiger partial charge in [-0.15, -0.1) is 0 Å². The number of rotatable bonds is 4. The molecule has 1 aliphatic heterocycles. The van der Waals surface area contributed by atoms with Crippen molar-refractivity contribution in [3.8, 4) is 0 Å². The first-order chi connectivity index (χ1) is 6.34. The Hall–Kier alpha value is -0.700. The first-order valence-corrected chi connectivity index (χ1v) is 5.13. The van der Waals surface area contributed by atoms with E-state index in [1.165, 1.54) is 11.4 Å². The van der Waals surface area contributed by atoms with E-state index in [1.807, 2.05) is 13.8 Å². The summed E-state index contributed by atoms with van der Waals surface area (Å²) in [6, 6.07) is 0. The molecule has 0 bridgehead atoms. The van der Waals surface area contributed by atoms with Crippen LogP contribution in [-0.4, -0.2) is 18.4 Å². The molecule has 3 nitrogen and oxygen atoms in total. The van der Waals surface area contributed by atoms with Crippen LogP contribution in [0, 0.1) is 0 Å². The third kappa shape index (κ3) is 4.78. The first kappa shape index (κ1) is 12.3. The van der Waals surface area contributed by atoms with Gasteiger partial charge < -0.3 is 15.7 Å². The number of nitrogens with one attached hydrogen (secondary N) is 2. The molecular formula is C10H22N2O. The van der Waals surface area contributed by atoms with Crippen LogP contribution in [0.3, 0.4) is 0 Å². The van der Waals surface area contributed by atoms with Crippen LogP contribution in [0.25, 0.3) is 0 Å². The van der Waals surface area contributed by atoms with Crippen LogP contribution < -0.4 is 10.6 Å². The van der Waals surface area contributed by atoms with Crippen molar-refractivity contribution < 1.29 is 5.11 Å². The highest BCUT2D eigenvalue weighted by Crippen LogP contribution is 2.10. The van der Waals surface area contributed by atoms with Crippen molar-refractivity contribution in [2.45, 2.75) is 40.0 Å². The van der Waals surface area contributed by atoms with Gasteiger partial charge in [0.25, 0.3) is 0 Å². The van der Waals surface area contributed by atoms with Crippen molar-refractivity contribution in [3.05, 3.63) is 11.4 Å². The molecule has 3 heteroatoms. The smallest absolute Gasteiger partial charge is 0.0845 e. The second kappa shape index (κ2) is 7.92. The summed E-state index contributed by atoms with van der Waals surface area (Å²) in [7, 11) is 0. The molecular weight excluding hydrogens is 164 g/mol. The maximum atomic E-state index is 8.55. The molecule has 1 aliphatic rings. The largest absolute Gasteiger partial charge is 0.396 e. The zero-order chi connectivity index (χ0) is 10.1. The zero-order valence-corrected chi connectivity index (χ0v) is 8.98. The van der Waals surface area contributed by atoms with E-state index in [4.69, 9.17) is 5.11 Å². The molecule has 0 atom stereocenters. The molecule has 1 rings (SSSR count). The van der Waals surface area contributed by atoms with Crippen LogP contribution in [0.5, 0.6) is 0 Å². The van der Waals surface area contributed by atoms with Crippen molar-refractivity contribution in [1.29, 1.82) is 0 Å². The van der Waals surface area contributed by atoms with Gasteiger partial charge in [0.2, 0.25) is 0 Å². The van der Waals surface area contributed by atoms with Crippen LogP contribution in [0.4, 0.5) is 0 Å². The Balaban J connectivity index is 0.000000671. The SMILES string of the molecule is CC.CC1=C(CCCCO)NCN1. The summed E-state index contributed by atoms with van der Waals surface area (Å²) in [4.78, 5) is 0. The number of hydrogen-bond donors (Lipinski definition) is 3. The summed E-state index contributed by atoms with van der Waals surface area (Å²) in [6.45, 7) is 7.24. The normalized spacial score (nSPS) is 14.5. The molecule has 3 N–H and O–H groups in total. The molecule has 0 radical (unpaired) electrons. The van der Waals surface area contributed by atoms with Gasteiger partial charge in [0.15, 0.2) is 0 Å². The second-order valence-corrected chi connectivity index (χ2v) is 2.81. The third-order valence-electron chi connectivity index (χ3n) is 1.94. The van der Waals surface area contributed by atoms with E-state index in [1.54, 1.807) is 0 Å². The van der Waals surface area contributed by atoms with Crippen LogP contribution in [0.15, 0.2) is 11.4 Å². The molecule has 0 aromatic rings. The fourth-order valence-electron chi connectivity index (χ4n) is 1.21. The highest BCUT2D eigenvalue weighted by molar-refractivity contribution is 5.12. The molecule has 0 saturated carbocycles. The van der Waals surface area contributed by atoms with Crippen LogP contribution in [0.1, 0.15) is 40.0 Å². The van der Waals surface area contributed by atoms with E-state index in [2.05, 4.69) is 17.6 Å². The number of hydrogen-bond acceptors (Lipinski definition) is 3. The topological polar surface area (TPSA) is 44.3 Å². The molecule has 0 unspecified atom stereocenters. The molecule has 0 aromatic heterocycles. The quantitative estimate of drug-likeness (QED) is 0.584. The Bertz CT molecular complexity index is 155. The predicted molar refractivity (Wildman–Crippen MR) is 56.1 cm³/mol. The minimum Gasteiger partial charge on any atom is -0.396 e. The van der Waals surface area contributed by atoms with Crippen molar-refractivity contribution in [3.63, 3.8) is 0 Å². The van der Waals surface area contributed by atoms with E-state index in [0.717, 1.165) is 25.9 Å². The van der Waals surface area contributed by atoms with E-state index < -0.39 is 0 Å². The Labute approximate surface area is 81.2 Å². The van der Waals surface area contributed by atoms with Gasteiger partial charge in [-0.05, 0) is 26.2 Å². The third-order valence-corrected chi connectivity index (χ3v) is 1.94. The Morgan fingerprint density at radius 2 is 1.92 bits per heavy atom. The summed E-state index contributed by atoms with van der Waals surface area (Å²) in [5, 5.41) is 15.0. The minimum absolute atomic E-state index is 0.305. The standard InChI is InChI=1S/C8H16N2O.C2H6/c1-7-8(10-6-9-7)4-2-3-5-11;1-2/h9-11H,2-6H2,1H3;1-2H3.